The van der Waals surface area contributed by atoms with E-state index in [1.165, 1.54) is 0 Å². The van der Waals surface area contributed by atoms with Gasteiger partial charge in [0.2, 0.25) is 5.91 Å². The Morgan fingerprint density at radius 3 is 2.39 bits per heavy atom. The van der Waals surface area contributed by atoms with Crippen LogP contribution in [0.25, 0.3) is 11.0 Å². The Bertz CT molecular complexity index is 642. The van der Waals surface area contributed by atoms with Crippen molar-refractivity contribution < 1.29 is 4.79 Å². The fourth-order valence-electron chi connectivity index (χ4n) is 2.84. The minimum Gasteiger partial charge on any atom is -0.341 e. The van der Waals surface area contributed by atoms with Gasteiger partial charge in [0.15, 0.2) is 0 Å². The topological polar surface area (TPSA) is 41.4 Å². The van der Waals surface area contributed by atoms with Gasteiger partial charge >= 0.3 is 0 Å². The van der Waals surface area contributed by atoms with Crippen molar-refractivity contribution in [1.82, 2.24) is 19.4 Å². The molecule has 23 heavy (non-hydrogen) atoms. The van der Waals surface area contributed by atoms with Crippen molar-refractivity contribution >= 4 is 16.9 Å². The first-order valence-electron chi connectivity index (χ1n) is 8.43. The number of hydrogen-bond donors (Lipinski definition) is 0. The van der Waals surface area contributed by atoms with E-state index in [-0.39, 0.29) is 5.91 Å². The highest BCUT2D eigenvalue weighted by Gasteiger charge is 2.17. The summed E-state index contributed by atoms with van der Waals surface area (Å²) >= 11 is 0. The van der Waals surface area contributed by atoms with E-state index < -0.39 is 0 Å². The molecule has 0 radical (unpaired) electrons. The van der Waals surface area contributed by atoms with E-state index in [1.54, 1.807) is 0 Å². The first-order chi connectivity index (χ1) is 11.1. The lowest BCUT2D eigenvalue weighted by atomic mass is 10.3. The maximum atomic E-state index is 12.7. The molecule has 1 amide bonds. The summed E-state index contributed by atoms with van der Waals surface area (Å²) in [6.07, 6.45) is 1.97. The van der Waals surface area contributed by atoms with Gasteiger partial charge in [-0.05, 0) is 39.1 Å². The minimum atomic E-state index is 0.178. The second kappa shape index (κ2) is 8.11. The Hall–Kier alpha value is -1.88. The van der Waals surface area contributed by atoms with Crippen molar-refractivity contribution in [3.63, 3.8) is 0 Å². The second-order valence-corrected chi connectivity index (χ2v) is 6.22. The first-order valence-corrected chi connectivity index (χ1v) is 8.43. The van der Waals surface area contributed by atoms with Crippen LogP contribution in [0, 0.1) is 0 Å². The van der Waals surface area contributed by atoms with Gasteiger partial charge < -0.3 is 14.4 Å². The summed E-state index contributed by atoms with van der Waals surface area (Å²) in [4.78, 5) is 21.5. The Morgan fingerprint density at radius 1 is 1.13 bits per heavy atom. The molecule has 0 aliphatic carbocycles. The molecular weight excluding hydrogens is 288 g/mol. The molecule has 1 heterocycles. The highest BCUT2D eigenvalue weighted by Crippen LogP contribution is 2.17. The van der Waals surface area contributed by atoms with Gasteiger partial charge in [-0.15, -0.1) is 0 Å². The molecule has 5 heteroatoms. The number of rotatable bonds is 8. The Kier molecular flexibility index (Phi) is 6.16. The van der Waals surface area contributed by atoms with Crippen LogP contribution in [0.2, 0.25) is 0 Å². The molecule has 1 aromatic heterocycles. The highest BCUT2D eigenvalue weighted by molar-refractivity contribution is 5.81. The number of carbonyl (C=O) groups excluding carboxylic acids is 1. The lowest BCUT2D eigenvalue weighted by Gasteiger charge is -2.22. The van der Waals surface area contributed by atoms with Gasteiger partial charge in [0.1, 0.15) is 12.4 Å². The standard InChI is InChI=1S/C18H28N4O/c1-5-11-21(12-6-2)18(23)14-22-16-10-8-7-9-15(16)19-17(22)13-20(3)4/h7-10H,5-6,11-14H2,1-4H3. The van der Waals surface area contributed by atoms with Crippen LogP contribution in [-0.2, 0) is 17.9 Å². The molecule has 2 rings (SSSR count). The summed E-state index contributed by atoms with van der Waals surface area (Å²) in [7, 11) is 4.04. The van der Waals surface area contributed by atoms with Crippen LogP contribution in [0.1, 0.15) is 32.5 Å². The molecule has 0 saturated carbocycles. The third-order valence-electron chi connectivity index (χ3n) is 3.82. The number of para-hydroxylation sites is 2. The van der Waals surface area contributed by atoms with E-state index in [9.17, 15) is 4.79 Å². The smallest absolute Gasteiger partial charge is 0.242 e. The molecule has 126 valence electrons. The number of amides is 1. The van der Waals surface area contributed by atoms with E-state index >= 15 is 0 Å². The van der Waals surface area contributed by atoms with Gasteiger partial charge in [-0.25, -0.2) is 4.98 Å². The molecule has 0 aliphatic rings. The molecule has 0 spiro atoms. The molecule has 0 fully saturated rings. The van der Waals surface area contributed by atoms with Crippen LogP contribution in [0.3, 0.4) is 0 Å². The number of nitrogens with zero attached hydrogens (tertiary/aromatic N) is 4. The van der Waals surface area contributed by atoms with E-state index in [1.807, 2.05) is 43.3 Å². The van der Waals surface area contributed by atoms with Crippen LogP contribution in [0.5, 0.6) is 0 Å². The Balaban J connectivity index is 2.31. The van der Waals surface area contributed by atoms with Gasteiger partial charge in [-0.1, -0.05) is 26.0 Å². The summed E-state index contributed by atoms with van der Waals surface area (Å²) < 4.78 is 2.07. The number of aromatic nitrogens is 2. The number of hydrogen-bond acceptors (Lipinski definition) is 3. The van der Waals surface area contributed by atoms with E-state index in [4.69, 9.17) is 4.98 Å². The van der Waals surface area contributed by atoms with Gasteiger partial charge in [0.05, 0.1) is 17.6 Å². The first kappa shape index (κ1) is 17.5. The summed E-state index contributed by atoms with van der Waals surface area (Å²) in [6, 6.07) is 8.03. The van der Waals surface area contributed by atoms with E-state index in [2.05, 4.69) is 23.3 Å². The van der Waals surface area contributed by atoms with Crippen LogP contribution in [0.4, 0.5) is 0 Å². The fourth-order valence-corrected chi connectivity index (χ4v) is 2.84. The normalized spacial score (nSPS) is 11.3. The predicted octanol–water partition coefficient (Wildman–Crippen LogP) is 2.75. The van der Waals surface area contributed by atoms with Crippen molar-refractivity contribution in [2.45, 2.75) is 39.8 Å². The fraction of sp³-hybridized carbons (Fsp3) is 0.556. The maximum absolute atomic E-state index is 12.7. The van der Waals surface area contributed by atoms with Crippen LogP contribution in [-0.4, -0.2) is 52.4 Å². The molecule has 2 aromatic rings. The zero-order valence-electron chi connectivity index (χ0n) is 14.7. The van der Waals surface area contributed by atoms with Crippen LogP contribution < -0.4 is 0 Å². The third-order valence-corrected chi connectivity index (χ3v) is 3.82. The number of imidazole rings is 1. The average molecular weight is 316 g/mol. The lowest BCUT2D eigenvalue weighted by molar-refractivity contribution is -0.131. The minimum absolute atomic E-state index is 0.178. The molecule has 0 atom stereocenters. The monoisotopic (exact) mass is 316 g/mol. The predicted molar refractivity (Wildman–Crippen MR) is 94.3 cm³/mol. The maximum Gasteiger partial charge on any atom is 0.242 e. The number of carbonyl (C=O) groups is 1. The van der Waals surface area contributed by atoms with Crippen LogP contribution >= 0.6 is 0 Å². The molecule has 0 bridgehead atoms. The largest absolute Gasteiger partial charge is 0.341 e. The molecule has 0 saturated heterocycles. The second-order valence-electron chi connectivity index (χ2n) is 6.22. The van der Waals surface area contributed by atoms with Gasteiger partial charge in [-0.3, -0.25) is 4.79 Å². The molecule has 5 nitrogen and oxygen atoms in total. The summed E-state index contributed by atoms with van der Waals surface area (Å²) in [5.74, 6) is 1.12. The van der Waals surface area contributed by atoms with E-state index in [0.29, 0.717) is 6.54 Å². The average Bonchev–Trinajstić information content (AvgIpc) is 2.84. The Morgan fingerprint density at radius 2 is 1.78 bits per heavy atom. The summed E-state index contributed by atoms with van der Waals surface area (Å²) in [5.41, 5.74) is 1.99. The van der Waals surface area contributed by atoms with E-state index in [0.717, 1.165) is 49.3 Å². The highest BCUT2D eigenvalue weighted by atomic mass is 16.2. The number of benzene rings is 1. The van der Waals surface area contributed by atoms with Gasteiger partial charge in [0, 0.05) is 13.1 Å². The van der Waals surface area contributed by atoms with Crippen molar-refractivity contribution in [3.05, 3.63) is 30.1 Å². The van der Waals surface area contributed by atoms with Crippen molar-refractivity contribution in [2.75, 3.05) is 27.2 Å². The van der Waals surface area contributed by atoms with Crippen molar-refractivity contribution in [1.29, 1.82) is 0 Å². The van der Waals surface area contributed by atoms with Gasteiger partial charge in [-0.2, -0.15) is 0 Å². The molecule has 1 aromatic carbocycles. The SMILES string of the molecule is CCCN(CCC)C(=O)Cn1c(CN(C)C)nc2ccccc21. The quantitative estimate of drug-likeness (QED) is 0.752. The zero-order chi connectivity index (χ0) is 16.8. The Labute approximate surface area is 138 Å². The summed E-state index contributed by atoms with van der Waals surface area (Å²) in [6.45, 7) is 6.96. The number of fused-ring (bicyclic) bond motifs is 1. The van der Waals surface area contributed by atoms with Crippen LogP contribution in [0.15, 0.2) is 24.3 Å². The lowest BCUT2D eigenvalue weighted by Crippen LogP contribution is -2.35. The molecule has 0 unspecified atom stereocenters. The van der Waals surface area contributed by atoms with Crippen molar-refractivity contribution in [3.8, 4) is 0 Å². The molecular formula is C18H28N4O. The van der Waals surface area contributed by atoms with Gasteiger partial charge in [0.25, 0.3) is 0 Å². The molecule has 0 N–H and O–H groups in total. The van der Waals surface area contributed by atoms with Crippen molar-refractivity contribution in [2.24, 2.45) is 0 Å². The molecule has 0 aliphatic heterocycles. The third kappa shape index (κ3) is 4.32. The summed E-state index contributed by atoms with van der Waals surface area (Å²) in [5, 5.41) is 0. The zero-order valence-corrected chi connectivity index (χ0v) is 14.7.